The number of nitrogens with two attached hydrogens (primary N) is 1. The molecule has 4 aliphatic rings. The Morgan fingerprint density at radius 3 is 2.41 bits per heavy atom. The standard InChI is InChI=1S/C34H42N2O8/c1-14(2)17-10-18(16-7-8-21-20(9-16)36-13-44-21)26(37)22-19(17)11-32(5)12-33(6)24(15(3)4)28(39)23(31(35)42)29(40)34(33,43)30(41)25(32)27(22)38/h7-10,14-15,23-25,28,30,36-37,39,41,43H,11-13H2,1-6H3,(H2,35,42)/t23-,24+,25-,28?,30?,32-,33-,34+/m1/s1. The zero-order valence-corrected chi connectivity index (χ0v) is 26.0. The summed E-state index contributed by atoms with van der Waals surface area (Å²) in [5.74, 6) is -6.42. The molecule has 1 aliphatic heterocycles. The molecule has 10 heteroatoms. The van der Waals surface area contributed by atoms with E-state index in [0.717, 1.165) is 11.3 Å². The zero-order valence-electron chi connectivity index (χ0n) is 26.0. The number of carbonyl (C=O) groups excluding carboxylic acids is 3. The molecule has 8 atom stereocenters. The van der Waals surface area contributed by atoms with Crippen LogP contribution in [-0.4, -0.2) is 62.4 Å². The average molecular weight is 607 g/mol. The average Bonchev–Trinajstić information content (AvgIpc) is 3.38. The number of carbonyl (C=O) groups is 3. The summed E-state index contributed by atoms with van der Waals surface area (Å²) in [4.78, 5) is 41.1. The lowest BCUT2D eigenvalue weighted by Gasteiger charge is -2.66. The van der Waals surface area contributed by atoms with Gasteiger partial charge in [0.15, 0.2) is 23.9 Å². The van der Waals surface area contributed by atoms with Gasteiger partial charge in [0.25, 0.3) is 0 Å². The molecular formula is C34H42N2O8. The predicted octanol–water partition coefficient (Wildman–Crippen LogP) is 3.13. The molecule has 3 aliphatic carbocycles. The third kappa shape index (κ3) is 3.80. The Kier molecular flexibility index (Phi) is 6.78. The lowest BCUT2D eigenvalue weighted by molar-refractivity contribution is -0.265. The molecule has 7 N–H and O–H groups in total. The molecule has 1 heterocycles. The van der Waals surface area contributed by atoms with E-state index in [1.54, 1.807) is 19.1 Å². The van der Waals surface area contributed by atoms with Crippen LogP contribution in [0.15, 0.2) is 24.3 Å². The van der Waals surface area contributed by atoms with Crippen LogP contribution in [0.25, 0.3) is 11.1 Å². The van der Waals surface area contributed by atoms with Gasteiger partial charge in [0, 0.05) is 11.0 Å². The summed E-state index contributed by atoms with van der Waals surface area (Å²) in [5, 5.41) is 50.7. The van der Waals surface area contributed by atoms with E-state index in [9.17, 15) is 34.8 Å². The van der Waals surface area contributed by atoms with E-state index in [4.69, 9.17) is 10.5 Å². The first kappa shape index (κ1) is 30.6. The first-order valence-corrected chi connectivity index (χ1v) is 15.4. The number of aliphatic hydroxyl groups excluding tert-OH is 2. The summed E-state index contributed by atoms with van der Waals surface area (Å²) in [7, 11) is 0. The quantitative estimate of drug-likeness (QED) is 0.285. The van der Waals surface area contributed by atoms with Gasteiger partial charge in [-0.05, 0) is 70.9 Å². The van der Waals surface area contributed by atoms with Crippen LogP contribution in [-0.2, 0) is 16.0 Å². The summed E-state index contributed by atoms with van der Waals surface area (Å²) in [6.45, 7) is 11.5. The minimum Gasteiger partial charge on any atom is -0.507 e. The molecule has 0 saturated heterocycles. The predicted molar refractivity (Wildman–Crippen MR) is 162 cm³/mol. The molecule has 10 nitrogen and oxygen atoms in total. The van der Waals surface area contributed by atoms with Gasteiger partial charge in [0.1, 0.15) is 23.5 Å². The van der Waals surface area contributed by atoms with Gasteiger partial charge in [0.2, 0.25) is 5.91 Å². The number of benzene rings is 2. The number of nitrogens with one attached hydrogen (secondary N) is 1. The third-order valence-corrected chi connectivity index (χ3v) is 11.2. The Labute approximate surface area is 256 Å². The molecule has 0 aromatic heterocycles. The van der Waals surface area contributed by atoms with E-state index in [2.05, 4.69) is 5.32 Å². The summed E-state index contributed by atoms with van der Waals surface area (Å²) < 4.78 is 5.54. The van der Waals surface area contributed by atoms with Gasteiger partial charge in [-0.1, -0.05) is 47.6 Å². The van der Waals surface area contributed by atoms with Crippen molar-refractivity contribution in [2.45, 2.75) is 78.1 Å². The van der Waals surface area contributed by atoms with Crippen LogP contribution < -0.4 is 15.8 Å². The summed E-state index contributed by atoms with van der Waals surface area (Å²) in [6.07, 6.45) is -2.98. The molecule has 44 heavy (non-hydrogen) atoms. The Bertz CT molecular complexity index is 1600. The van der Waals surface area contributed by atoms with Crippen molar-refractivity contribution in [3.05, 3.63) is 41.0 Å². The topological polar surface area (TPSA) is 179 Å². The number of ether oxygens (including phenoxy) is 1. The van der Waals surface area contributed by atoms with Gasteiger partial charge in [0.05, 0.1) is 23.3 Å². The highest BCUT2D eigenvalue weighted by atomic mass is 16.5. The van der Waals surface area contributed by atoms with Gasteiger partial charge in [-0.25, -0.2) is 0 Å². The number of aromatic hydroxyl groups is 1. The molecule has 1 amide bonds. The van der Waals surface area contributed by atoms with Crippen molar-refractivity contribution in [2.24, 2.45) is 40.2 Å². The molecule has 0 spiro atoms. The molecule has 2 aromatic carbocycles. The maximum atomic E-state index is 14.6. The molecule has 2 aromatic rings. The second kappa shape index (κ2) is 9.76. The van der Waals surface area contributed by atoms with Crippen molar-refractivity contribution >= 4 is 23.2 Å². The normalized spacial score (nSPS) is 35.8. The molecule has 6 rings (SSSR count). The monoisotopic (exact) mass is 606 g/mol. The molecule has 2 saturated carbocycles. The summed E-state index contributed by atoms with van der Waals surface area (Å²) in [6, 6.07) is 7.35. The van der Waals surface area contributed by atoms with E-state index in [1.165, 1.54) is 0 Å². The van der Waals surface area contributed by atoms with Gasteiger partial charge in [-0.15, -0.1) is 0 Å². The Morgan fingerprint density at radius 1 is 1.11 bits per heavy atom. The van der Waals surface area contributed by atoms with Crippen molar-refractivity contribution in [1.29, 1.82) is 0 Å². The number of ketones is 2. The number of hydrogen-bond donors (Lipinski definition) is 6. The number of anilines is 1. The number of rotatable bonds is 4. The van der Waals surface area contributed by atoms with E-state index in [-0.39, 0.29) is 36.0 Å². The fourth-order valence-corrected chi connectivity index (χ4v) is 9.52. The second-order valence-corrected chi connectivity index (χ2v) is 14.5. The van der Waals surface area contributed by atoms with Gasteiger partial charge < -0.3 is 36.2 Å². The summed E-state index contributed by atoms with van der Waals surface area (Å²) >= 11 is 0. The highest BCUT2D eigenvalue weighted by Gasteiger charge is 2.76. The molecule has 236 valence electrons. The molecule has 0 radical (unpaired) electrons. The first-order chi connectivity index (χ1) is 20.5. The number of phenolic OH excluding ortho intramolecular Hbond substituents is 1. The smallest absolute Gasteiger partial charge is 0.230 e. The third-order valence-electron chi connectivity index (χ3n) is 11.2. The SMILES string of the molecule is CC(C)c1cc(-c2ccc3c(c2)NCO3)c(O)c2c1C[C@]1(C)C[C@]3(C)[C@@H](C(C)C)C(O)[C@@H](C(N)=O)C(=O)[C@]3(O)C(O)[C@H]1C2=O. The van der Waals surface area contributed by atoms with E-state index in [0.29, 0.717) is 29.2 Å². The van der Waals surface area contributed by atoms with Gasteiger partial charge in [-0.2, -0.15) is 0 Å². The minimum atomic E-state index is -2.54. The Morgan fingerprint density at radius 2 is 1.80 bits per heavy atom. The van der Waals surface area contributed by atoms with E-state index >= 15 is 0 Å². The van der Waals surface area contributed by atoms with Gasteiger partial charge >= 0.3 is 0 Å². The number of primary amides is 1. The van der Waals surface area contributed by atoms with Crippen LogP contribution in [0.2, 0.25) is 0 Å². The highest BCUT2D eigenvalue weighted by Crippen LogP contribution is 2.66. The van der Waals surface area contributed by atoms with Crippen molar-refractivity contribution in [1.82, 2.24) is 0 Å². The fourth-order valence-electron chi connectivity index (χ4n) is 9.52. The second-order valence-electron chi connectivity index (χ2n) is 14.5. The molecule has 2 unspecified atom stereocenters. The minimum absolute atomic E-state index is 0.0224. The first-order valence-electron chi connectivity index (χ1n) is 15.4. The number of phenols is 1. The highest BCUT2D eigenvalue weighted by molar-refractivity contribution is 6.10. The largest absolute Gasteiger partial charge is 0.507 e. The van der Waals surface area contributed by atoms with E-state index in [1.807, 2.05) is 46.8 Å². The summed E-state index contributed by atoms with van der Waals surface area (Å²) in [5.41, 5.74) is 4.17. The van der Waals surface area contributed by atoms with Crippen LogP contribution in [0, 0.1) is 34.5 Å². The number of aliphatic hydroxyl groups is 3. The lowest BCUT2D eigenvalue weighted by Crippen LogP contribution is -2.79. The van der Waals surface area contributed by atoms with Crippen LogP contribution >= 0.6 is 0 Å². The van der Waals surface area contributed by atoms with E-state index < -0.39 is 63.9 Å². The number of hydrogen-bond acceptors (Lipinski definition) is 9. The zero-order chi connectivity index (χ0) is 32.3. The number of Topliss-reactive ketones (excluding diaryl/α,β-unsaturated/α-hetero) is 2. The van der Waals surface area contributed by atoms with Crippen LogP contribution in [0.1, 0.15) is 75.4 Å². The number of fused-ring (bicyclic) bond motifs is 4. The van der Waals surface area contributed by atoms with Crippen molar-refractivity contribution in [2.75, 3.05) is 12.0 Å². The fraction of sp³-hybridized carbons (Fsp3) is 0.559. The lowest BCUT2D eigenvalue weighted by atomic mass is 9.39. The maximum absolute atomic E-state index is 14.6. The van der Waals surface area contributed by atoms with Crippen molar-refractivity contribution in [3.63, 3.8) is 0 Å². The van der Waals surface area contributed by atoms with Crippen molar-refractivity contribution < 1.29 is 39.5 Å². The Balaban J connectivity index is 1.56. The molecule has 2 fully saturated rings. The molecular weight excluding hydrogens is 564 g/mol. The van der Waals surface area contributed by atoms with Crippen LogP contribution in [0.4, 0.5) is 5.69 Å². The van der Waals surface area contributed by atoms with Crippen LogP contribution in [0.3, 0.4) is 0 Å². The van der Waals surface area contributed by atoms with Crippen molar-refractivity contribution in [3.8, 4) is 22.6 Å². The Hall–Kier alpha value is -3.47. The maximum Gasteiger partial charge on any atom is 0.230 e. The van der Waals surface area contributed by atoms with Gasteiger partial charge in [-0.3, -0.25) is 14.4 Å². The number of amides is 1. The molecule has 0 bridgehead atoms. The van der Waals surface area contributed by atoms with Crippen LogP contribution in [0.5, 0.6) is 11.5 Å².